The van der Waals surface area contributed by atoms with E-state index in [1.165, 1.54) is 0 Å². The molecule has 21 heavy (non-hydrogen) atoms. The van der Waals surface area contributed by atoms with Crippen molar-refractivity contribution in [1.82, 2.24) is 10.2 Å². The van der Waals surface area contributed by atoms with Gasteiger partial charge in [-0.05, 0) is 50.4 Å². The van der Waals surface area contributed by atoms with E-state index >= 15 is 0 Å². The number of piperidine rings is 1. The SMILES string of the molecule is CCCN(CC1CCCNC1)C(=O)c1cc(F)cc(F)c1. The van der Waals surface area contributed by atoms with Gasteiger partial charge in [0.2, 0.25) is 0 Å². The Balaban J connectivity index is 2.10. The van der Waals surface area contributed by atoms with E-state index in [1.807, 2.05) is 6.92 Å². The summed E-state index contributed by atoms with van der Waals surface area (Å²) in [5.41, 5.74) is 0.0877. The molecule has 0 aliphatic carbocycles. The van der Waals surface area contributed by atoms with Crippen molar-refractivity contribution in [1.29, 1.82) is 0 Å². The van der Waals surface area contributed by atoms with Gasteiger partial charge in [-0.25, -0.2) is 8.78 Å². The lowest BCUT2D eigenvalue weighted by molar-refractivity contribution is 0.0717. The lowest BCUT2D eigenvalue weighted by Gasteiger charge is -2.30. The number of halogens is 2. The Morgan fingerprint density at radius 2 is 2.05 bits per heavy atom. The molecule has 3 nitrogen and oxygen atoms in total. The predicted molar refractivity (Wildman–Crippen MR) is 78.1 cm³/mol. The number of benzene rings is 1. The van der Waals surface area contributed by atoms with Gasteiger partial charge in [0.1, 0.15) is 11.6 Å². The third-order valence-corrected chi connectivity index (χ3v) is 3.77. The lowest BCUT2D eigenvalue weighted by Crippen LogP contribution is -2.41. The highest BCUT2D eigenvalue weighted by Crippen LogP contribution is 2.16. The highest BCUT2D eigenvalue weighted by molar-refractivity contribution is 5.94. The molecule has 1 amide bonds. The Morgan fingerprint density at radius 3 is 2.62 bits per heavy atom. The van der Waals surface area contributed by atoms with Crippen LogP contribution in [0.15, 0.2) is 18.2 Å². The van der Waals surface area contributed by atoms with E-state index in [9.17, 15) is 13.6 Å². The molecule has 0 aromatic heterocycles. The quantitative estimate of drug-likeness (QED) is 0.906. The summed E-state index contributed by atoms with van der Waals surface area (Å²) in [5.74, 6) is -1.31. The first kappa shape index (κ1) is 15.9. The van der Waals surface area contributed by atoms with Crippen LogP contribution in [-0.4, -0.2) is 37.0 Å². The number of nitrogens with zero attached hydrogens (tertiary/aromatic N) is 1. The average Bonchev–Trinajstić information content (AvgIpc) is 2.46. The molecule has 1 N–H and O–H groups in total. The van der Waals surface area contributed by atoms with Gasteiger partial charge in [-0.2, -0.15) is 0 Å². The van der Waals surface area contributed by atoms with Gasteiger partial charge < -0.3 is 10.2 Å². The lowest BCUT2D eigenvalue weighted by atomic mass is 9.98. The van der Waals surface area contributed by atoms with Gasteiger partial charge in [-0.3, -0.25) is 4.79 Å². The summed E-state index contributed by atoms with van der Waals surface area (Å²) < 4.78 is 26.6. The monoisotopic (exact) mass is 296 g/mol. The molecule has 1 heterocycles. The number of hydrogen-bond donors (Lipinski definition) is 1. The van der Waals surface area contributed by atoms with E-state index in [-0.39, 0.29) is 11.5 Å². The molecule has 1 aromatic rings. The molecule has 116 valence electrons. The number of hydrogen-bond acceptors (Lipinski definition) is 2. The number of amides is 1. The summed E-state index contributed by atoms with van der Waals surface area (Å²) in [6.07, 6.45) is 3.01. The molecule has 1 unspecified atom stereocenters. The molecule has 1 saturated heterocycles. The summed E-state index contributed by atoms with van der Waals surface area (Å²) in [5, 5.41) is 3.32. The van der Waals surface area contributed by atoms with E-state index in [4.69, 9.17) is 0 Å². The zero-order valence-electron chi connectivity index (χ0n) is 12.4. The summed E-state index contributed by atoms with van der Waals surface area (Å²) in [6.45, 7) is 5.15. The third-order valence-electron chi connectivity index (χ3n) is 3.77. The first-order valence-corrected chi connectivity index (χ1v) is 7.56. The van der Waals surface area contributed by atoms with Gasteiger partial charge in [-0.1, -0.05) is 6.92 Å². The maximum absolute atomic E-state index is 13.3. The van der Waals surface area contributed by atoms with Crippen molar-refractivity contribution in [3.8, 4) is 0 Å². The summed E-state index contributed by atoms with van der Waals surface area (Å²) in [6, 6.07) is 2.99. The molecule has 1 atom stereocenters. The Bertz CT molecular complexity index is 467. The minimum absolute atomic E-state index is 0.0877. The topological polar surface area (TPSA) is 32.3 Å². The molecule has 2 rings (SSSR count). The van der Waals surface area contributed by atoms with E-state index in [0.29, 0.717) is 19.0 Å². The first-order chi connectivity index (χ1) is 10.1. The van der Waals surface area contributed by atoms with Crippen molar-refractivity contribution in [2.24, 2.45) is 5.92 Å². The molecule has 1 aliphatic heterocycles. The zero-order chi connectivity index (χ0) is 15.2. The second-order valence-electron chi connectivity index (χ2n) is 5.62. The molecule has 0 spiro atoms. The van der Waals surface area contributed by atoms with Gasteiger partial charge in [0, 0.05) is 24.7 Å². The normalized spacial score (nSPS) is 18.5. The molecule has 0 radical (unpaired) electrons. The van der Waals surface area contributed by atoms with Crippen LogP contribution in [0.25, 0.3) is 0 Å². The molecular formula is C16H22F2N2O. The number of rotatable bonds is 5. The van der Waals surface area contributed by atoms with E-state index in [1.54, 1.807) is 4.90 Å². The van der Waals surface area contributed by atoms with Crippen LogP contribution in [0.1, 0.15) is 36.5 Å². The summed E-state index contributed by atoms with van der Waals surface area (Å²) >= 11 is 0. The van der Waals surface area contributed by atoms with Crippen molar-refractivity contribution >= 4 is 5.91 Å². The molecule has 1 aliphatic rings. The van der Waals surface area contributed by atoms with Crippen molar-refractivity contribution in [3.05, 3.63) is 35.4 Å². The first-order valence-electron chi connectivity index (χ1n) is 7.56. The Hall–Kier alpha value is -1.49. The van der Waals surface area contributed by atoms with E-state index in [2.05, 4.69) is 5.32 Å². The average molecular weight is 296 g/mol. The maximum atomic E-state index is 13.3. The van der Waals surface area contributed by atoms with Crippen LogP contribution in [-0.2, 0) is 0 Å². The number of nitrogens with one attached hydrogen (secondary N) is 1. The maximum Gasteiger partial charge on any atom is 0.254 e. The smallest absolute Gasteiger partial charge is 0.254 e. The highest BCUT2D eigenvalue weighted by atomic mass is 19.1. The molecule has 0 bridgehead atoms. The molecule has 1 fully saturated rings. The van der Waals surface area contributed by atoms with Crippen LogP contribution in [0.5, 0.6) is 0 Å². The number of carbonyl (C=O) groups is 1. The molecule has 0 saturated carbocycles. The van der Waals surface area contributed by atoms with Crippen molar-refractivity contribution in [2.75, 3.05) is 26.2 Å². The Kier molecular flexibility index (Phi) is 5.67. The fourth-order valence-corrected chi connectivity index (χ4v) is 2.80. The van der Waals surface area contributed by atoms with Gasteiger partial charge >= 0.3 is 0 Å². The minimum atomic E-state index is -0.714. The third kappa shape index (κ3) is 4.49. The molecule has 1 aromatic carbocycles. The van der Waals surface area contributed by atoms with Crippen LogP contribution in [0, 0.1) is 17.6 Å². The van der Waals surface area contributed by atoms with Gasteiger partial charge in [0.05, 0.1) is 0 Å². The standard InChI is InChI=1S/C16H22F2N2O/c1-2-6-20(11-12-4-3-5-19-10-12)16(21)13-7-14(17)9-15(18)8-13/h7-9,12,19H,2-6,10-11H2,1H3. The van der Waals surface area contributed by atoms with Crippen LogP contribution in [0.2, 0.25) is 0 Å². The van der Waals surface area contributed by atoms with Crippen LogP contribution < -0.4 is 5.32 Å². The van der Waals surface area contributed by atoms with Crippen molar-refractivity contribution in [2.45, 2.75) is 26.2 Å². The largest absolute Gasteiger partial charge is 0.338 e. The summed E-state index contributed by atoms with van der Waals surface area (Å²) in [4.78, 5) is 14.2. The van der Waals surface area contributed by atoms with Gasteiger partial charge in [0.25, 0.3) is 5.91 Å². The van der Waals surface area contributed by atoms with Crippen LogP contribution in [0.4, 0.5) is 8.78 Å². The fraction of sp³-hybridized carbons (Fsp3) is 0.562. The fourth-order valence-electron chi connectivity index (χ4n) is 2.80. The molecular weight excluding hydrogens is 274 g/mol. The van der Waals surface area contributed by atoms with Gasteiger partial charge in [-0.15, -0.1) is 0 Å². The molecule has 5 heteroatoms. The van der Waals surface area contributed by atoms with E-state index < -0.39 is 11.6 Å². The van der Waals surface area contributed by atoms with E-state index in [0.717, 1.165) is 50.6 Å². The second-order valence-corrected chi connectivity index (χ2v) is 5.62. The predicted octanol–water partition coefficient (Wildman–Crippen LogP) is 2.82. The summed E-state index contributed by atoms with van der Waals surface area (Å²) in [7, 11) is 0. The number of carbonyl (C=O) groups excluding carboxylic acids is 1. The Labute approximate surface area is 124 Å². The van der Waals surface area contributed by atoms with Gasteiger partial charge in [0.15, 0.2) is 0 Å². The van der Waals surface area contributed by atoms with Crippen LogP contribution >= 0.6 is 0 Å². The van der Waals surface area contributed by atoms with Crippen LogP contribution in [0.3, 0.4) is 0 Å². The van der Waals surface area contributed by atoms with Crippen molar-refractivity contribution in [3.63, 3.8) is 0 Å². The Morgan fingerprint density at radius 1 is 1.33 bits per heavy atom. The minimum Gasteiger partial charge on any atom is -0.338 e. The van der Waals surface area contributed by atoms with Crippen molar-refractivity contribution < 1.29 is 13.6 Å². The highest BCUT2D eigenvalue weighted by Gasteiger charge is 2.22. The zero-order valence-corrected chi connectivity index (χ0v) is 12.4. The second kappa shape index (κ2) is 7.50.